The molecule has 0 radical (unpaired) electrons. The molecule has 2 rings (SSSR count). The van der Waals surface area contributed by atoms with Crippen LogP contribution in [0.15, 0.2) is 18.5 Å². The van der Waals surface area contributed by atoms with Gasteiger partial charge in [0.05, 0.1) is 12.2 Å². The lowest BCUT2D eigenvalue weighted by Gasteiger charge is -2.44. The highest BCUT2D eigenvalue weighted by molar-refractivity contribution is 5.94. The van der Waals surface area contributed by atoms with Crippen LogP contribution >= 0.6 is 0 Å². The van der Waals surface area contributed by atoms with Crippen LogP contribution in [0.5, 0.6) is 0 Å². The smallest absolute Gasteiger partial charge is 0.255 e. The number of β-amino-alcohol motifs (C(OH)–C–C–N with tert-alkyl or cyclic N) is 1. The number of aryl methyl sites for hydroxylation is 1. The van der Waals surface area contributed by atoms with E-state index in [0.717, 1.165) is 18.7 Å². The van der Waals surface area contributed by atoms with Gasteiger partial charge in [-0.3, -0.25) is 9.69 Å². The molecule has 2 heterocycles. The molecule has 5 nitrogen and oxygen atoms in total. The molecule has 5 heteroatoms. The van der Waals surface area contributed by atoms with Gasteiger partial charge in [0.25, 0.3) is 5.91 Å². The molecule has 0 spiro atoms. The summed E-state index contributed by atoms with van der Waals surface area (Å²) in [6.45, 7) is 6.50. The fourth-order valence-electron chi connectivity index (χ4n) is 2.89. The first-order chi connectivity index (χ1) is 9.02. The third-order valence-electron chi connectivity index (χ3n) is 3.83. The first-order valence-electron chi connectivity index (χ1n) is 6.80. The second-order valence-electron chi connectivity index (χ2n) is 5.44. The van der Waals surface area contributed by atoms with Crippen LogP contribution in [0, 0.1) is 0 Å². The quantitative estimate of drug-likeness (QED) is 0.868. The lowest BCUT2D eigenvalue weighted by molar-refractivity contribution is 0.0236. The Bertz CT molecular complexity index is 432. The van der Waals surface area contributed by atoms with Gasteiger partial charge in [-0.05, 0) is 19.9 Å². The summed E-state index contributed by atoms with van der Waals surface area (Å²) >= 11 is 0. The Balaban J connectivity index is 2.05. The van der Waals surface area contributed by atoms with Crippen LogP contribution in [0.3, 0.4) is 0 Å². The van der Waals surface area contributed by atoms with Gasteiger partial charge in [0.15, 0.2) is 0 Å². The predicted molar refractivity (Wildman–Crippen MR) is 74.0 cm³/mol. The molecule has 1 aliphatic heterocycles. The number of aliphatic hydroxyl groups excluding tert-OH is 1. The largest absolute Gasteiger partial charge is 0.395 e. The van der Waals surface area contributed by atoms with Crippen molar-refractivity contribution in [3.63, 3.8) is 0 Å². The van der Waals surface area contributed by atoms with Crippen molar-refractivity contribution in [1.29, 1.82) is 0 Å². The van der Waals surface area contributed by atoms with Crippen LogP contribution in [0.1, 0.15) is 24.2 Å². The van der Waals surface area contributed by atoms with E-state index in [-0.39, 0.29) is 24.6 Å². The van der Waals surface area contributed by atoms with E-state index in [1.807, 2.05) is 35.0 Å². The van der Waals surface area contributed by atoms with Crippen molar-refractivity contribution >= 4 is 5.91 Å². The van der Waals surface area contributed by atoms with Gasteiger partial charge in [-0.1, -0.05) is 0 Å². The molecule has 1 N–H and O–H groups in total. The molecule has 1 aromatic rings. The van der Waals surface area contributed by atoms with E-state index in [2.05, 4.69) is 18.7 Å². The zero-order valence-electron chi connectivity index (χ0n) is 11.9. The number of amides is 1. The number of aliphatic hydroxyl groups is 1. The minimum atomic E-state index is 0.1000. The summed E-state index contributed by atoms with van der Waals surface area (Å²) in [6, 6.07) is 2.42. The molecule has 1 fully saturated rings. The topological polar surface area (TPSA) is 48.7 Å². The molecule has 0 bridgehead atoms. The number of rotatable bonds is 3. The summed E-state index contributed by atoms with van der Waals surface area (Å²) in [7, 11) is 1.92. The number of aromatic nitrogens is 1. The number of carbonyl (C=O) groups is 1. The van der Waals surface area contributed by atoms with E-state index in [1.54, 1.807) is 0 Å². The molecular formula is C14H23N3O2. The first-order valence-corrected chi connectivity index (χ1v) is 6.80. The minimum Gasteiger partial charge on any atom is -0.395 e. The highest BCUT2D eigenvalue weighted by atomic mass is 16.3. The molecule has 1 aliphatic rings. The predicted octanol–water partition coefficient (Wildman–Crippen LogP) is 0.552. The molecule has 0 aromatic carbocycles. The molecule has 1 saturated heterocycles. The van der Waals surface area contributed by atoms with Crippen LogP contribution in [-0.4, -0.2) is 63.7 Å². The summed E-state index contributed by atoms with van der Waals surface area (Å²) in [4.78, 5) is 16.6. The van der Waals surface area contributed by atoms with Crippen molar-refractivity contribution in [1.82, 2.24) is 14.4 Å². The van der Waals surface area contributed by atoms with E-state index in [9.17, 15) is 4.79 Å². The average Bonchev–Trinajstić information content (AvgIpc) is 2.79. The Morgan fingerprint density at radius 1 is 1.37 bits per heavy atom. The fraction of sp³-hybridized carbons (Fsp3) is 0.643. The van der Waals surface area contributed by atoms with E-state index < -0.39 is 0 Å². The Hall–Kier alpha value is -1.33. The molecule has 19 heavy (non-hydrogen) atoms. The lowest BCUT2D eigenvalue weighted by Crippen LogP contribution is -2.58. The average molecular weight is 265 g/mol. The van der Waals surface area contributed by atoms with E-state index >= 15 is 0 Å². The molecule has 2 atom stereocenters. The summed E-state index contributed by atoms with van der Waals surface area (Å²) in [6.07, 6.45) is 3.75. The maximum atomic E-state index is 12.4. The normalized spacial score (nSPS) is 24.7. The summed E-state index contributed by atoms with van der Waals surface area (Å²) < 4.78 is 1.89. The van der Waals surface area contributed by atoms with Crippen molar-refractivity contribution in [2.75, 3.05) is 26.2 Å². The van der Waals surface area contributed by atoms with Gasteiger partial charge in [0, 0.05) is 51.2 Å². The van der Waals surface area contributed by atoms with Gasteiger partial charge < -0.3 is 14.6 Å². The third kappa shape index (κ3) is 2.98. The molecule has 1 aromatic heterocycles. The van der Waals surface area contributed by atoms with Crippen LogP contribution in [-0.2, 0) is 7.05 Å². The van der Waals surface area contributed by atoms with Gasteiger partial charge in [-0.15, -0.1) is 0 Å². The molecule has 0 saturated carbocycles. The molecule has 106 valence electrons. The maximum Gasteiger partial charge on any atom is 0.255 e. The number of carbonyl (C=O) groups excluding carboxylic acids is 1. The number of hydrogen-bond donors (Lipinski definition) is 1. The van der Waals surface area contributed by atoms with Crippen molar-refractivity contribution in [2.24, 2.45) is 7.05 Å². The number of piperazine rings is 1. The van der Waals surface area contributed by atoms with Crippen LogP contribution in [0.4, 0.5) is 0 Å². The first kappa shape index (κ1) is 14.1. The SMILES string of the molecule is C[C@@H]1CN(C(=O)c2ccn(C)c2)C[C@H](C)N1CCO. The molecule has 0 unspecified atom stereocenters. The standard InChI is InChI=1S/C14H23N3O2/c1-11-8-16(9-12(2)17(11)6-7-18)14(19)13-4-5-15(3)10-13/h4-5,10-12,18H,6-9H2,1-3H3/t11-,12+. The van der Waals surface area contributed by atoms with Gasteiger partial charge in [-0.2, -0.15) is 0 Å². The van der Waals surface area contributed by atoms with E-state index in [4.69, 9.17) is 5.11 Å². The second kappa shape index (κ2) is 5.75. The Labute approximate surface area is 114 Å². The monoisotopic (exact) mass is 265 g/mol. The highest BCUT2D eigenvalue weighted by Crippen LogP contribution is 2.17. The fourth-order valence-corrected chi connectivity index (χ4v) is 2.89. The Morgan fingerprint density at radius 3 is 2.47 bits per heavy atom. The van der Waals surface area contributed by atoms with Crippen molar-refractivity contribution in [3.8, 4) is 0 Å². The van der Waals surface area contributed by atoms with Crippen molar-refractivity contribution in [2.45, 2.75) is 25.9 Å². The zero-order chi connectivity index (χ0) is 14.0. The molecule has 1 amide bonds. The minimum absolute atomic E-state index is 0.1000. The number of hydrogen-bond acceptors (Lipinski definition) is 3. The maximum absolute atomic E-state index is 12.4. The Kier molecular flexibility index (Phi) is 4.27. The van der Waals surface area contributed by atoms with E-state index in [0.29, 0.717) is 6.54 Å². The van der Waals surface area contributed by atoms with Gasteiger partial charge in [0.2, 0.25) is 0 Å². The highest BCUT2D eigenvalue weighted by Gasteiger charge is 2.31. The second-order valence-corrected chi connectivity index (χ2v) is 5.44. The van der Waals surface area contributed by atoms with Crippen LogP contribution in [0.25, 0.3) is 0 Å². The van der Waals surface area contributed by atoms with Crippen LogP contribution < -0.4 is 0 Å². The number of nitrogens with zero attached hydrogens (tertiary/aromatic N) is 3. The van der Waals surface area contributed by atoms with Gasteiger partial charge in [0.1, 0.15) is 0 Å². The van der Waals surface area contributed by atoms with E-state index in [1.165, 1.54) is 0 Å². The van der Waals surface area contributed by atoms with Gasteiger partial charge >= 0.3 is 0 Å². The summed E-state index contributed by atoms with van der Waals surface area (Å²) in [5, 5.41) is 9.08. The third-order valence-corrected chi connectivity index (χ3v) is 3.83. The zero-order valence-corrected chi connectivity index (χ0v) is 11.9. The molecule has 0 aliphatic carbocycles. The summed E-state index contributed by atoms with van der Waals surface area (Å²) in [5.41, 5.74) is 0.748. The van der Waals surface area contributed by atoms with Crippen molar-refractivity contribution < 1.29 is 9.90 Å². The summed E-state index contributed by atoms with van der Waals surface area (Å²) in [5.74, 6) is 0.1000. The van der Waals surface area contributed by atoms with Gasteiger partial charge in [-0.25, -0.2) is 0 Å². The molecular weight excluding hydrogens is 242 g/mol. The lowest BCUT2D eigenvalue weighted by atomic mass is 10.1. The Morgan fingerprint density at radius 2 is 2.00 bits per heavy atom. The van der Waals surface area contributed by atoms with Crippen LogP contribution in [0.2, 0.25) is 0 Å². The van der Waals surface area contributed by atoms with Crippen molar-refractivity contribution in [3.05, 3.63) is 24.0 Å².